The summed E-state index contributed by atoms with van der Waals surface area (Å²) in [6, 6.07) is 3.52. The predicted octanol–water partition coefficient (Wildman–Crippen LogP) is 3.14. The van der Waals surface area contributed by atoms with E-state index >= 15 is 0 Å². The summed E-state index contributed by atoms with van der Waals surface area (Å²) < 4.78 is 32.5. The molecule has 1 aromatic rings. The molecular weight excluding hydrogens is 268 g/mol. The molecule has 1 aliphatic heterocycles. The van der Waals surface area contributed by atoms with Crippen molar-refractivity contribution in [3.05, 3.63) is 35.4 Å². The van der Waals surface area contributed by atoms with E-state index in [0.29, 0.717) is 12.2 Å². The van der Waals surface area contributed by atoms with Gasteiger partial charge in [0.25, 0.3) is 0 Å². The van der Waals surface area contributed by atoms with Crippen LogP contribution in [-0.2, 0) is 4.74 Å². The summed E-state index contributed by atoms with van der Waals surface area (Å²) in [5.74, 6) is 0.747. The minimum Gasteiger partial charge on any atom is -0.375 e. The lowest BCUT2D eigenvalue weighted by atomic mass is 10.0. The van der Waals surface area contributed by atoms with E-state index < -0.39 is 11.6 Å². The van der Waals surface area contributed by atoms with Crippen molar-refractivity contribution in [1.29, 1.82) is 0 Å². The first-order valence-corrected chi connectivity index (χ1v) is 7.75. The Labute approximate surface area is 116 Å². The van der Waals surface area contributed by atoms with Crippen LogP contribution < -0.4 is 5.32 Å². The van der Waals surface area contributed by atoms with Crippen LogP contribution in [0.15, 0.2) is 18.2 Å². The van der Waals surface area contributed by atoms with Crippen LogP contribution in [0.4, 0.5) is 8.78 Å². The Kier molecular flexibility index (Phi) is 5.60. The van der Waals surface area contributed by atoms with Crippen molar-refractivity contribution in [3.63, 3.8) is 0 Å². The summed E-state index contributed by atoms with van der Waals surface area (Å²) in [6.07, 6.45) is 0.931. The highest BCUT2D eigenvalue weighted by molar-refractivity contribution is 7.99. The molecule has 5 heteroatoms. The lowest BCUT2D eigenvalue weighted by Crippen LogP contribution is -2.38. The zero-order valence-corrected chi connectivity index (χ0v) is 11.8. The summed E-state index contributed by atoms with van der Waals surface area (Å²) in [5.41, 5.74) is 0.624. The number of thioether (sulfide) groups is 1. The lowest BCUT2D eigenvalue weighted by Gasteiger charge is -2.31. The van der Waals surface area contributed by atoms with E-state index in [4.69, 9.17) is 4.74 Å². The number of nitrogens with one attached hydrogen (secondary N) is 1. The van der Waals surface area contributed by atoms with Crippen LogP contribution in [0.5, 0.6) is 0 Å². The van der Waals surface area contributed by atoms with Gasteiger partial charge in [-0.1, -0.05) is 6.92 Å². The van der Waals surface area contributed by atoms with Gasteiger partial charge in [0.05, 0.1) is 18.8 Å². The van der Waals surface area contributed by atoms with Gasteiger partial charge in [0.2, 0.25) is 0 Å². The topological polar surface area (TPSA) is 21.3 Å². The lowest BCUT2D eigenvalue weighted by molar-refractivity contribution is 0.0466. The summed E-state index contributed by atoms with van der Waals surface area (Å²) in [4.78, 5) is 0. The Morgan fingerprint density at radius 3 is 2.68 bits per heavy atom. The molecule has 19 heavy (non-hydrogen) atoms. The maximum atomic E-state index is 13.4. The van der Waals surface area contributed by atoms with Crippen molar-refractivity contribution in [1.82, 2.24) is 5.32 Å². The molecule has 0 aromatic heterocycles. The fourth-order valence-corrected chi connectivity index (χ4v) is 3.12. The normalized spacial score (nSPS) is 21.3. The molecule has 2 nitrogen and oxygen atoms in total. The largest absolute Gasteiger partial charge is 0.375 e. The van der Waals surface area contributed by atoms with E-state index in [2.05, 4.69) is 12.2 Å². The summed E-state index contributed by atoms with van der Waals surface area (Å²) in [7, 11) is 0. The number of rotatable bonds is 5. The smallest absolute Gasteiger partial charge is 0.126 e. The van der Waals surface area contributed by atoms with Crippen molar-refractivity contribution in [3.8, 4) is 0 Å². The van der Waals surface area contributed by atoms with Crippen LogP contribution in [-0.4, -0.2) is 30.8 Å². The molecule has 1 saturated heterocycles. The SMILES string of the molecule is CCCNC(c1cc(F)cc(F)c1)C1CSCCO1. The van der Waals surface area contributed by atoms with Crippen molar-refractivity contribution in [2.45, 2.75) is 25.5 Å². The van der Waals surface area contributed by atoms with Crippen LogP contribution >= 0.6 is 11.8 Å². The van der Waals surface area contributed by atoms with Gasteiger partial charge in [-0.25, -0.2) is 8.78 Å². The highest BCUT2D eigenvalue weighted by atomic mass is 32.2. The van der Waals surface area contributed by atoms with Gasteiger partial charge < -0.3 is 10.1 Å². The maximum Gasteiger partial charge on any atom is 0.126 e. The second kappa shape index (κ2) is 7.22. The first kappa shape index (κ1) is 14.8. The van der Waals surface area contributed by atoms with Crippen molar-refractivity contribution in [2.24, 2.45) is 0 Å². The molecule has 2 atom stereocenters. The third-order valence-electron chi connectivity index (χ3n) is 3.07. The van der Waals surface area contributed by atoms with E-state index in [-0.39, 0.29) is 12.1 Å². The van der Waals surface area contributed by atoms with E-state index in [1.54, 1.807) is 0 Å². The van der Waals surface area contributed by atoms with Gasteiger partial charge in [0.1, 0.15) is 11.6 Å². The predicted molar refractivity (Wildman–Crippen MR) is 74.5 cm³/mol. The fourth-order valence-electron chi connectivity index (χ4n) is 2.22. The highest BCUT2D eigenvalue weighted by Crippen LogP contribution is 2.26. The minimum atomic E-state index is -0.540. The molecule has 0 amide bonds. The fraction of sp³-hybridized carbons (Fsp3) is 0.571. The van der Waals surface area contributed by atoms with Crippen molar-refractivity contribution in [2.75, 3.05) is 24.7 Å². The van der Waals surface area contributed by atoms with Gasteiger partial charge >= 0.3 is 0 Å². The summed E-state index contributed by atoms with van der Waals surface area (Å²) in [6.45, 7) is 3.55. The third-order valence-corrected chi connectivity index (χ3v) is 4.09. The summed E-state index contributed by atoms with van der Waals surface area (Å²) in [5, 5.41) is 3.34. The number of benzene rings is 1. The van der Waals surface area contributed by atoms with Gasteiger partial charge in [0.15, 0.2) is 0 Å². The molecule has 1 N–H and O–H groups in total. The molecule has 0 spiro atoms. The first-order chi connectivity index (χ1) is 9.20. The molecule has 0 bridgehead atoms. The molecule has 1 fully saturated rings. The third kappa shape index (κ3) is 4.16. The molecule has 1 heterocycles. The Morgan fingerprint density at radius 1 is 1.37 bits per heavy atom. The monoisotopic (exact) mass is 287 g/mol. The highest BCUT2D eigenvalue weighted by Gasteiger charge is 2.26. The molecule has 0 saturated carbocycles. The molecule has 106 valence electrons. The number of hydrogen-bond donors (Lipinski definition) is 1. The quantitative estimate of drug-likeness (QED) is 0.899. The van der Waals surface area contributed by atoms with Crippen molar-refractivity contribution >= 4 is 11.8 Å². The van der Waals surface area contributed by atoms with Crippen LogP contribution in [0.3, 0.4) is 0 Å². The zero-order chi connectivity index (χ0) is 13.7. The van der Waals surface area contributed by atoms with Gasteiger partial charge in [-0.2, -0.15) is 11.8 Å². The molecular formula is C14H19F2NOS. The van der Waals surface area contributed by atoms with Crippen molar-refractivity contribution < 1.29 is 13.5 Å². The molecule has 0 aliphatic carbocycles. The number of ether oxygens (including phenoxy) is 1. The average Bonchev–Trinajstić information content (AvgIpc) is 2.39. The molecule has 2 rings (SSSR count). The van der Waals surface area contributed by atoms with Gasteiger partial charge in [-0.3, -0.25) is 0 Å². The molecule has 2 unspecified atom stereocenters. The molecule has 1 aliphatic rings. The second-order valence-corrected chi connectivity index (χ2v) is 5.77. The van der Waals surface area contributed by atoms with E-state index in [1.807, 2.05) is 11.8 Å². The summed E-state index contributed by atoms with van der Waals surface area (Å²) >= 11 is 1.82. The maximum absolute atomic E-state index is 13.4. The van der Waals surface area contributed by atoms with E-state index in [0.717, 1.165) is 30.5 Å². The van der Waals surface area contributed by atoms with Gasteiger partial charge in [0, 0.05) is 17.6 Å². The van der Waals surface area contributed by atoms with Crippen LogP contribution in [0, 0.1) is 11.6 Å². The van der Waals surface area contributed by atoms with Gasteiger partial charge in [-0.15, -0.1) is 0 Å². The Morgan fingerprint density at radius 2 is 2.11 bits per heavy atom. The average molecular weight is 287 g/mol. The molecule has 1 aromatic carbocycles. The van der Waals surface area contributed by atoms with E-state index in [1.165, 1.54) is 12.1 Å². The Balaban J connectivity index is 2.19. The van der Waals surface area contributed by atoms with Crippen LogP contribution in [0.25, 0.3) is 0 Å². The minimum absolute atomic E-state index is 0.0356. The number of halogens is 2. The zero-order valence-electron chi connectivity index (χ0n) is 11.0. The van der Waals surface area contributed by atoms with Gasteiger partial charge in [-0.05, 0) is 30.7 Å². The second-order valence-electron chi connectivity index (χ2n) is 4.62. The standard InChI is InChI=1S/C14H19F2NOS/c1-2-3-17-14(13-9-19-5-4-18-13)10-6-11(15)8-12(16)7-10/h6-8,13-14,17H,2-5,9H2,1H3. The number of hydrogen-bond acceptors (Lipinski definition) is 3. The first-order valence-electron chi connectivity index (χ1n) is 6.59. The Hall–Kier alpha value is -0.650. The Bertz CT molecular complexity index is 390. The van der Waals surface area contributed by atoms with E-state index in [9.17, 15) is 8.78 Å². The molecule has 0 radical (unpaired) electrons. The van der Waals surface area contributed by atoms with Crippen LogP contribution in [0.2, 0.25) is 0 Å². The van der Waals surface area contributed by atoms with Crippen LogP contribution in [0.1, 0.15) is 24.9 Å².